The first-order valence-electron chi connectivity index (χ1n) is 5.33. The molecule has 2 aromatic carbocycles. The monoisotopic (exact) mass is 264 g/mol. The van der Waals surface area contributed by atoms with E-state index in [-0.39, 0.29) is 17.1 Å². The van der Waals surface area contributed by atoms with Crippen molar-refractivity contribution in [3.63, 3.8) is 0 Å². The van der Waals surface area contributed by atoms with Crippen LogP contribution in [0.15, 0.2) is 36.4 Å². The molecule has 0 aliphatic rings. The molecule has 0 fully saturated rings. The molecule has 2 rings (SSSR count). The molecule has 0 saturated carbocycles. The summed E-state index contributed by atoms with van der Waals surface area (Å²) in [6.07, 6.45) is 0. The average Bonchev–Trinajstić information content (AvgIpc) is 2.34. The van der Waals surface area contributed by atoms with Crippen molar-refractivity contribution in [2.24, 2.45) is 0 Å². The van der Waals surface area contributed by atoms with Gasteiger partial charge in [0.05, 0.1) is 5.69 Å². The van der Waals surface area contributed by atoms with E-state index in [9.17, 15) is 18.7 Å². The molecule has 0 bridgehead atoms. The van der Waals surface area contributed by atoms with Gasteiger partial charge in [0, 0.05) is 11.8 Å². The van der Waals surface area contributed by atoms with Crippen molar-refractivity contribution in [2.45, 2.75) is 0 Å². The zero-order valence-corrected chi connectivity index (χ0v) is 9.65. The summed E-state index contributed by atoms with van der Waals surface area (Å²) < 4.78 is 27.1. The van der Waals surface area contributed by atoms with E-state index < -0.39 is 23.1 Å². The van der Waals surface area contributed by atoms with Crippen molar-refractivity contribution in [3.05, 3.63) is 53.6 Å². The second kappa shape index (κ2) is 4.93. The maximum Gasteiger partial charge on any atom is 0.261 e. The van der Waals surface area contributed by atoms with Crippen LogP contribution in [0.5, 0.6) is 5.75 Å². The third-order valence-electron chi connectivity index (χ3n) is 2.45. The maximum atomic E-state index is 13.6. The summed E-state index contributed by atoms with van der Waals surface area (Å²) in [4.78, 5) is 11.8. The second-order valence-corrected chi connectivity index (χ2v) is 3.83. The molecule has 0 unspecified atom stereocenters. The zero-order chi connectivity index (χ0) is 14.0. The molecule has 0 aromatic heterocycles. The van der Waals surface area contributed by atoms with Gasteiger partial charge < -0.3 is 16.2 Å². The van der Waals surface area contributed by atoms with Crippen LogP contribution in [0.2, 0.25) is 0 Å². The molecule has 19 heavy (non-hydrogen) atoms. The summed E-state index contributed by atoms with van der Waals surface area (Å²) in [6.45, 7) is 0. The number of halogens is 2. The first-order chi connectivity index (χ1) is 8.99. The molecular weight excluding hydrogens is 254 g/mol. The van der Waals surface area contributed by atoms with Gasteiger partial charge in [-0.2, -0.15) is 0 Å². The topological polar surface area (TPSA) is 75.4 Å². The highest BCUT2D eigenvalue weighted by Crippen LogP contribution is 2.21. The third kappa shape index (κ3) is 2.62. The van der Waals surface area contributed by atoms with Gasteiger partial charge in [-0.3, -0.25) is 4.79 Å². The highest BCUT2D eigenvalue weighted by atomic mass is 19.1. The average molecular weight is 264 g/mol. The van der Waals surface area contributed by atoms with Crippen LogP contribution in [0, 0.1) is 11.6 Å². The van der Waals surface area contributed by atoms with Crippen molar-refractivity contribution in [2.75, 3.05) is 11.1 Å². The summed E-state index contributed by atoms with van der Waals surface area (Å²) >= 11 is 0. The number of phenols is 1. The molecule has 2 aromatic rings. The molecule has 1 amide bonds. The van der Waals surface area contributed by atoms with Gasteiger partial charge in [-0.15, -0.1) is 0 Å². The lowest BCUT2D eigenvalue weighted by Gasteiger charge is -2.08. The number of benzene rings is 2. The fourth-order valence-corrected chi connectivity index (χ4v) is 1.55. The smallest absolute Gasteiger partial charge is 0.261 e. The van der Waals surface area contributed by atoms with Gasteiger partial charge in [-0.25, -0.2) is 8.78 Å². The predicted molar refractivity (Wildman–Crippen MR) is 66.8 cm³/mol. The SMILES string of the molecule is Nc1ccc(F)c(C(=O)Nc2cccc(O)c2)c1F. The standard InChI is InChI=1S/C13H10F2N2O2/c14-9-4-5-10(16)12(15)11(9)13(19)17-7-2-1-3-8(18)6-7/h1-6,18H,16H2,(H,17,19). The number of nitrogens with two attached hydrogens (primary N) is 1. The second-order valence-electron chi connectivity index (χ2n) is 3.83. The van der Waals surface area contributed by atoms with E-state index in [1.807, 2.05) is 0 Å². The Morgan fingerprint density at radius 1 is 1.21 bits per heavy atom. The third-order valence-corrected chi connectivity index (χ3v) is 2.45. The molecule has 0 aliphatic carbocycles. The van der Waals surface area contributed by atoms with Gasteiger partial charge in [-0.05, 0) is 24.3 Å². The maximum absolute atomic E-state index is 13.6. The number of hydrogen-bond acceptors (Lipinski definition) is 3. The van der Waals surface area contributed by atoms with E-state index in [1.165, 1.54) is 24.3 Å². The number of rotatable bonds is 2. The van der Waals surface area contributed by atoms with Crippen LogP contribution in [0.4, 0.5) is 20.2 Å². The van der Waals surface area contributed by atoms with Crippen molar-refractivity contribution in [3.8, 4) is 5.75 Å². The number of anilines is 2. The zero-order valence-electron chi connectivity index (χ0n) is 9.65. The lowest BCUT2D eigenvalue weighted by molar-refractivity contribution is 0.101. The number of aromatic hydroxyl groups is 1. The van der Waals surface area contributed by atoms with Crippen LogP contribution in [0.1, 0.15) is 10.4 Å². The van der Waals surface area contributed by atoms with E-state index in [1.54, 1.807) is 0 Å². The fraction of sp³-hybridized carbons (Fsp3) is 0. The highest BCUT2D eigenvalue weighted by molar-refractivity contribution is 6.05. The molecule has 0 saturated heterocycles. The minimum absolute atomic E-state index is 0.0775. The lowest BCUT2D eigenvalue weighted by Crippen LogP contribution is -2.16. The summed E-state index contributed by atoms with van der Waals surface area (Å²) in [6, 6.07) is 7.56. The Kier molecular flexibility index (Phi) is 3.33. The van der Waals surface area contributed by atoms with Crippen LogP contribution in [-0.4, -0.2) is 11.0 Å². The van der Waals surface area contributed by atoms with Gasteiger partial charge in [0.1, 0.15) is 17.1 Å². The Labute approximate surface area is 107 Å². The first-order valence-corrected chi connectivity index (χ1v) is 5.33. The van der Waals surface area contributed by atoms with Crippen molar-refractivity contribution in [1.29, 1.82) is 0 Å². The number of hydrogen-bond donors (Lipinski definition) is 3. The first kappa shape index (κ1) is 12.8. The minimum atomic E-state index is -1.11. The van der Waals surface area contributed by atoms with Crippen LogP contribution >= 0.6 is 0 Å². The summed E-state index contributed by atoms with van der Waals surface area (Å²) in [7, 11) is 0. The van der Waals surface area contributed by atoms with Gasteiger partial charge in [0.2, 0.25) is 0 Å². The minimum Gasteiger partial charge on any atom is -0.508 e. The van der Waals surface area contributed by atoms with E-state index in [4.69, 9.17) is 5.73 Å². The number of phenolic OH excluding ortho intramolecular Hbond substituents is 1. The lowest BCUT2D eigenvalue weighted by atomic mass is 10.1. The molecule has 0 atom stereocenters. The van der Waals surface area contributed by atoms with E-state index in [2.05, 4.69) is 5.32 Å². The Morgan fingerprint density at radius 3 is 2.63 bits per heavy atom. The molecule has 0 aliphatic heterocycles. The fourth-order valence-electron chi connectivity index (χ4n) is 1.55. The summed E-state index contributed by atoms with van der Waals surface area (Å²) in [5.74, 6) is -3.18. The van der Waals surface area contributed by atoms with Gasteiger partial charge in [0.25, 0.3) is 5.91 Å². The van der Waals surface area contributed by atoms with E-state index >= 15 is 0 Å². The molecule has 4 nitrogen and oxygen atoms in total. The van der Waals surface area contributed by atoms with Crippen molar-refractivity contribution < 1.29 is 18.7 Å². The predicted octanol–water partition coefficient (Wildman–Crippen LogP) is 2.50. The van der Waals surface area contributed by atoms with Crippen LogP contribution in [0.25, 0.3) is 0 Å². The van der Waals surface area contributed by atoms with E-state index in [0.717, 1.165) is 12.1 Å². The van der Waals surface area contributed by atoms with Gasteiger partial charge in [0.15, 0.2) is 5.82 Å². The molecule has 0 heterocycles. The molecular formula is C13H10F2N2O2. The Bertz CT molecular complexity index is 645. The number of carbonyl (C=O) groups is 1. The van der Waals surface area contributed by atoms with Crippen molar-refractivity contribution in [1.82, 2.24) is 0 Å². The largest absolute Gasteiger partial charge is 0.508 e. The quantitative estimate of drug-likeness (QED) is 0.729. The number of amides is 1. The van der Waals surface area contributed by atoms with Gasteiger partial charge >= 0.3 is 0 Å². The number of carbonyl (C=O) groups excluding carboxylic acids is 1. The Balaban J connectivity index is 2.33. The van der Waals surface area contributed by atoms with Crippen molar-refractivity contribution >= 4 is 17.3 Å². The van der Waals surface area contributed by atoms with Crippen LogP contribution in [0.3, 0.4) is 0 Å². The van der Waals surface area contributed by atoms with Crippen LogP contribution in [-0.2, 0) is 0 Å². The Morgan fingerprint density at radius 2 is 1.95 bits per heavy atom. The van der Waals surface area contributed by atoms with E-state index in [0.29, 0.717) is 0 Å². The normalized spacial score (nSPS) is 10.2. The number of nitrogen functional groups attached to an aromatic ring is 1. The molecule has 6 heteroatoms. The summed E-state index contributed by atoms with van der Waals surface area (Å²) in [5, 5.41) is 11.5. The number of nitrogens with one attached hydrogen (secondary N) is 1. The highest BCUT2D eigenvalue weighted by Gasteiger charge is 2.19. The Hall–Kier alpha value is -2.63. The molecule has 0 spiro atoms. The van der Waals surface area contributed by atoms with Gasteiger partial charge in [-0.1, -0.05) is 6.07 Å². The molecule has 4 N–H and O–H groups in total. The summed E-state index contributed by atoms with van der Waals surface area (Å²) in [5.41, 5.74) is 4.42. The molecule has 0 radical (unpaired) electrons. The van der Waals surface area contributed by atoms with Crippen LogP contribution < -0.4 is 11.1 Å². The molecule has 98 valence electrons.